The van der Waals surface area contributed by atoms with E-state index in [1.165, 1.54) is 0 Å². The Morgan fingerprint density at radius 3 is 3.00 bits per heavy atom. The van der Waals surface area contributed by atoms with Crippen LogP contribution in [0.2, 0.25) is 0 Å². The molecule has 12 heavy (non-hydrogen) atoms. The van der Waals surface area contributed by atoms with Crippen molar-refractivity contribution < 1.29 is 4.74 Å². The van der Waals surface area contributed by atoms with Crippen molar-refractivity contribution in [3.05, 3.63) is 24.3 Å². The molecule has 0 aliphatic carbocycles. The Balaban J connectivity index is 2.48. The van der Waals surface area contributed by atoms with Crippen LogP contribution in [0.5, 0.6) is 5.75 Å². The fourth-order valence-corrected chi connectivity index (χ4v) is 1.38. The van der Waals surface area contributed by atoms with Crippen LogP contribution in [-0.2, 0) is 0 Å². The van der Waals surface area contributed by atoms with Gasteiger partial charge in [-0.3, -0.25) is 0 Å². The predicted octanol–water partition coefficient (Wildman–Crippen LogP) is 1.84. The first-order chi connectivity index (χ1) is 5.79. The second-order valence-corrected chi connectivity index (χ2v) is 3.18. The SMILES string of the molecule is CN1C(=S)COc2ccccc21. The van der Waals surface area contributed by atoms with E-state index in [9.17, 15) is 0 Å². The molecule has 0 bridgehead atoms. The normalized spacial score (nSPS) is 15.4. The van der Waals surface area contributed by atoms with Crippen LogP contribution >= 0.6 is 12.2 Å². The van der Waals surface area contributed by atoms with Gasteiger partial charge in [-0.25, -0.2) is 0 Å². The van der Waals surface area contributed by atoms with Gasteiger partial charge in [0.1, 0.15) is 17.3 Å². The fraction of sp³-hybridized carbons (Fsp3) is 0.222. The van der Waals surface area contributed by atoms with E-state index in [1.54, 1.807) is 0 Å². The van der Waals surface area contributed by atoms with Crippen molar-refractivity contribution in [3.8, 4) is 5.75 Å². The highest BCUT2D eigenvalue weighted by Gasteiger charge is 2.17. The van der Waals surface area contributed by atoms with Crippen molar-refractivity contribution in [1.29, 1.82) is 0 Å². The number of hydrogen-bond acceptors (Lipinski definition) is 2. The van der Waals surface area contributed by atoms with E-state index in [1.807, 2.05) is 36.2 Å². The summed E-state index contributed by atoms with van der Waals surface area (Å²) >= 11 is 5.11. The summed E-state index contributed by atoms with van der Waals surface area (Å²) in [4.78, 5) is 2.81. The van der Waals surface area contributed by atoms with Crippen molar-refractivity contribution in [2.24, 2.45) is 0 Å². The van der Waals surface area contributed by atoms with Gasteiger partial charge in [-0.15, -0.1) is 0 Å². The number of thiocarbonyl (C=S) groups is 1. The maximum absolute atomic E-state index is 5.42. The number of anilines is 1. The molecular formula is C9H9NOS. The summed E-state index contributed by atoms with van der Waals surface area (Å²) < 4.78 is 5.42. The second kappa shape index (κ2) is 2.75. The van der Waals surface area contributed by atoms with E-state index >= 15 is 0 Å². The quantitative estimate of drug-likeness (QED) is 0.564. The number of nitrogens with zero attached hydrogens (tertiary/aromatic N) is 1. The molecule has 0 amide bonds. The minimum absolute atomic E-state index is 0.517. The van der Waals surface area contributed by atoms with E-state index in [4.69, 9.17) is 17.0 Å². The second-order valence-electron chi connectivity index (χ2n) is 2.71. The summed E-state index contributed by atoms with van der Waals surface area (Å²) in [5, 5.41) is 0. The minimum atomic E-state index is 0.517. The number of rotatable bonds is 0. The van der Waals surface area contributed by atoms with E-state index < -0.39 is 0 Å². The zero-order valence-corrected chi connectivity index (χ0v) is 7.60. The number of fused-ring (bicyclic) bond motifs is 1. The predicted molar refractivity (Wildman–Crippen MR) is 52.9 cm³/mol. The molecular weight excluding hydrogens is 170 g/mol. The lowest BCUT2D eigenvalue weighted by Crippen LogP contribution is -2.33. The van der Waals surface area contributed by atoms with Gasteiger partial charge >= 0.3 is 0 Å². The third-order valence-corrected chi connectivity index (χ3v) is 2.34. The van der Waals surface area contributed by atoms with E-state index in [2.05, 4.69) is 0 Å². The summed E-state index contributed by atoms with van der Waals surface area (Å²) in [5.74, 6) is 0.911. The van der Waals surface area contributed by atoms with Crippen molar-refractivity contribution in [2.75, 3.05) is 18.6 Å². The Labute approximate surface area is 76.8 Å². The van der Waals surface area contributed by atoms with Crippen molar-refractivity contribution >= 4 is 22.9 Å². The Hall–Kier alpha value is -1.09. The number of hydrogen-bond donors (Lipinski definition) is 0. The first kappa shape index (κ1) is 7.55. The van der Waals surface area contributed by atoms with Crippen molar-refractivity contribution in [3.63, 3.8) is 0 Å². The highest BCUT2D eigenvalue weighted by molar-refractivity contribution is 7.80. The van der Waals surface area contributed by atoms with E-state index in [0.29, 0.717) is 6.61 Å². The van der Waals surface area contributed by atoms with Crippen LogP contribution in [0.3, 0.4) is 0 Å². The smallest absolute Gasteiger partial charge is 0.143 e. The first-order valence-corrected chi connectivity index (χ1v) is 4.18. The van der Waals surface area contributed by atoms with E-state index in [0.717, 1.165) is 16.4 Å². The number of likely N-dealkylation sites (N-methyl/N-ethyl adjacent to an activating group) is 1. The van der Waals surface area contributed by atoms with Crippen LogP contribution < -0.4 is 9.64 Å². The Morgan fingerprint density at radius 2 is 2.17 bits per heavy atom. The molecule has 0 aromatic heterocycles. The van der Waals surface area contributed by atoms with Crippen LogP contribution in [-0.4, -0.2) is 18.6 Å². The van der Waals surface area contributed by atoms with Gasteiger partial charge < -0.3 is 9.64 Å². The molecule has 0 spiro atoms. The Bertz CT molecular complexity index is 324. The molecule has 1 aromatic rings. The summed E-state index contributed by atoms with van der Waals surface area (Å²) in [5.41, 5.74) is 1.05. The number of benzene rings is 1. The van der Waals surface area contributed by atoms with Crippen LogP contribution in [0.4, 0.5) is 5.69 Å². The molecule has 0 N–H and O–H groups in total. The van der Waals surface area contributed by atoms with Crippen LogP contribution in [0.1, 0.15) is 0 Å². The van der Waals surface area contributed by atoms with Crippen molar-refractivity contribution in [1.82, 2.24) is 0 Å². The third-order valence-electron chi connectivity index (χ3n) is 1.95. The van der Waals surface area contributed by atoms with Crippen molar-refractivity contribution in [2.45, 2.75) is 0 Å². The van der Waals surface area contributed by atoms with Crippen LogP contribution in [0, 0.1) is 0 Å². The molecule has 1 aromatic carbocycles. The van der Waals surface area contributed by atoms with Gasteiger partial charge in [0.2, 0.25) is 0 Å². The molecule has 0 saturated heterocycles. The van der Waals surface area contributed by atoms with Gasteiger partial charge in [-0.05, 0) is 12.1 Å². The van der Waals surface area contributed by atoms with Crippen LogP contribution in [0.15, 0.2) is 24.3 Å². The van der Waals surface area contributed by atoms with Crippen LogP contribution in [0.25, 0.3) is 0 Å². The molecule has 0 unspecified atom stereocenters. The molecule has 62 valence electrons. The molecule has 1 heterocycles. The van der Waals surface area contributed by atoms with Gasteiger partial charge in [0.25, 0.3) is 0 Å². The molecule has 1 aliphatic rings. The summed E-state index contributed by atoms with van der Waals surface area (Å²) in [6.07, 6.45) is 0. The zero-order chi connectivity index (χ0) is 8.55. The summed E-state index contributed by atoms with van der Waals surface area (Å²) in [6, 6.07) is 7.89. The summed E-state index contributed by atoms with van der Waals surface area (Å²) in [7, 11) is 1.96. The summed E-state index contributed by atoms with van der Waals surface area (Å²) in [6.45, 7) is 0.517. The average molecular weight is 179 g/mol. The monoisotopic (exact) mass is 179 g/mol. The molecule has 1 aliphatic heterocycles. The largest absolute Gasteiger partial charge is 0.484 e. The van der Waals surface area contributed by atoms with Gasteiger partial charge in [-0.1, -0.05) is 24.4 Å². The zero-order valence-electron chi connectivity index (χ0n) is 6.78. The molecule has 0 atom stereocenters. The topological polar surface area (TPSA) is 12.5 Å². The maximum atomic E-state index is 5.42. The highest BCUT2D eigenvalue weighted by atomic mass is 32.1. The Kier molecular flexibility index (Phi) is 1.73. The fourth-order valence-electron chi connectivity index (χ4n) is 1.23. The van der Waals surface area contributed by atoms with Gasteiger partial charge in [0, 0.05) is 7.05 Å². The third kappa shape index (κ3) is 1.06. The standard InChI is InChI=1S/C9H9NOS/c1-10-7-4-2-3-5-8(7)11-6-9(10)12/h2-5H,6H2,1H3. The molecule has 0 fully saturated rings. The molecule has 0 saturated carbocycles. The molecule has 2 rings (SSSR count). The number of para-hydroxylation sites is 2. The van der Waals surface area contributed by atoms with Gasteiger partial charge in [0.15, 0.2) is 0 Å². The maximum Gasteiger partial charge on any atom is 0.143 e. The number of ether oxygens (including phenoxy) is 1. The highest BCUT2D eigenvalue weighted by Crippen LogP contribution is 2.30. The van der Waals surface area contributed by atoms with Gasteiger partial charge in [-0.2, -0.15) is 0 Å². The van der Waals surface area contributed by atoms with Gasteiger partial charge in [0.05, 0.1) is 5.69 Å². The Morgan fingerprint density at radius 1 is 1.42 bits per heavy atom. The molecule has 0 radical (unpaired) electrons. The average Bonchev–Trinajstić information content (AvgIpc) is 2.12. The molecule has 2 nitrogen and oxygen atoms in total. The lowest BCUT2D eigenvalue weighted by molar-refractivity contribution is 0.370. The minimum Gasteiger partial charge on any atom is -0.484 e. The lowest BCUT2D eigenvalue weighted by Gasteiger charge is -2.27. The first-order valence-electron chi connectivity index (χ1n) is 3.77. The van der Waals surface area contributed by atoms with E-state index in [-0.39, 0.29) is 0 Å². The lowest BCUT2D eigenvalue weighted by atomic mass is 10.2. The molecule has 3 heteroatoms.